The van der Waals surface area contributed by atoms with Crippen LogP contribution in [0.15, 0.2) is 42.5 Å². The molecule has 10 heteroatoms. The second-order valence-electron chi connectivity index (χ2n) is 10.3. The molecule has 0 heterocycles. The van der Waals surface area contributed by atoms with Crippen molar-refractivity contribution >= 4 is 50.7 Å². The fourth-order valence-corrected chi connectivity index (χ4v) is 5.94. The second kappa shape index (κ2) is 13.2. The van der Waals surface area contributed by atoms with Crippen LogP contribution in [-0.2, 0) is 26.2 Å². The van der Waals surface area contributed by atoms with Gasteiger partial charge in [0.05, 0.1) is 11.9 Å². The van der Waals surface area contributed by atoms with Crippen molar-refractivity contribution in [1.29, 1.82) is 0 Å². The molecule has 0 bridgehead atoms. The van der Waals surface area contributed by atoms with E-state index >= 15 is 0 Å². The minimum absolute atomic E-state index is 0.0258. The minimum Gasteiger partial charge on any atom is -0.352 e. The molecule has 3 rings (SSSR count). The summed E-state index contributed by atoms with van der Waals surface area (Å²) in [6.45, 7) is 5.32. The zero-order chi connectivity index (χ0) is 28.0. The highest BCUT2D eigenvalue weighted by Crippen LogP contribution is 2.26. The van der Waals surface area contributed by atoms with Gasteiger partial charge in [-0.2, -0.15) is 0 Å². The van der Waals surface area contributed by atoms with Gasteiger partial charge < -0.3 is 10.2 Å². The number of nitrogens with zero attached hydrogens (tertiary/aromatic N) is 2. The van der Waals surface area contributed by atoms with E-state index in [1.807, 2.05) is 26.0 Å². The van der Waals surface area contributed by atoms with Gasteiger partial charge in [-0.1, -0.05) is 74.5 Å². The second-order valence-corrected chi connectivity index (χ2v) is 13.0. The lowest BCUT2D eigenvalue weighted by Gasteiger charge is -2.33. The molecule has 0 spiro atoms. The van der Waals surface area contributed by atoms with Crippen LogP contribution in [0.1, 0.15) is 69.9 Å². The first-order chi connectivity index (χ1) is 17.9. The van der Waals surface area contributed by atoms with E-state index in [2.05, 4.69) is 5.32 Å². The number of anilines is 1. The van der Waals surface area contributed by atoms with E-state index in [0.29, 0.717) is 21.3 Å². The van der Waals surface area contributed by atoms with Gasteiger partial charge in [0.25, 0.3) is 0 Å². The first-order valence-corrected chi connectivity index (χ1v) is 15.6. The van der Waals surface area contributed by atoms with Crippen LogP contribution in [0.4, 0.5) is 5.69 Å². The molecule has 208 valence electrons. The lowest BCUT2D eigenvalue weighted by Crippen LogP contribution is -2.53. The van der Waals surface area contributed by atoms with Crippen LogP contribution in [-0.4, -0.2) is 50.0 Å². The predicted octanol–water partition coefficient (Wildman–Crippen LogP) is 5.75. The van der Waals surface area contributed by atoms with E-state index in [9.17, 15) is 18.0 Å². The Hall–Kier alpha value is -2.29. The molecule has 2 amide bonds. The summed E-state index contributed by atoms with van der Waals surface area (Å²) in [6.07, 6.45) is 6.15. The third-order valence-corrected chi connectivity index (χ3v) is 8.73. The number of rotatable bonds is 10. The Morgan fingerprint density at radius 1 is 1.00 bits per heavy atom. The van der Waals surface area contributed by atoms with Crippen molar-refractivity contribution in [3.63, 3.8) is 0 Å². The van der Waals surface area contributed by atoms with Crippen LogP contribution in [0, 0.1) is 0 Å². The maximum atomic E-state index is 13.7. The van der Waals surface area contributed by atoms with E-state index in [1.54, 1.807) is 37.3 Å². The summed E-state index contributed by atoms with van der Waals surface area (Å²) < 4.78 is 26.6. The van der Waals surface area contributed by atoms with Crippen molar-refractivity contribution in [1.82, 2.24) is 10.2 Å². The SMILES string of the molecule is CC(C)c1ccc(N(CC(=O)N(Cc2ccc(Cl)cc2Cl)[C@@H](C)C(=O)NC2CCCCC2)S(C)(=O)=O)cc1. The number of sulfonamides is 1. The summed E-state index contributed by atoms with van der Waals surface area (Å²) in [5.41, 5.74) is 2.04. The van der Waals surface area contributed by atoms with Crippen LogP contribution in [0.2, 0.25) is 10.0 Å². The Balaban J connectivity index is 1.89. The molecule has 38 heavy (non-hydrogen) atoms. The molecular formula is C28H37Cl2N3O4S. The standard InChI is InChI=1S/C28H37Cl2N3O4S/c1-19(2)21-11-14-25(15-12-21)33(38(4,36)37)18-27(34)32(17-22-10-13-23(29)16-26(22)30)20(3)28(35)31-24-8-6-5-7-9-24/h10-16,19-20,24H,5-9,17-18H2,1-4H3,(H,31,35)/t20-/m0/s1. The van der Waals surface area contributed by atoms with Gasteiger partial charge in [-0.25, -0.2) is 8.42 Å². The average molecular weight is 583 g/mol. The number of benzene rings is 2. The van der Waals surface area contributed by atoms with E-state index < -0.39 is 28.5 Å². The van der Waals surface area contributed by atoms with Gasteiger partial charge in [0.15, 0.2) is 0 Å². The fourth-order valence-electron chi connectivity index (χ4n) is 4.62. The molecule has 1 aliphatic rings. The van der Waals surface area contributed by atoms with Crippen molar-refractivity contribution < 1.29 is 18.0 Å². The summed E-state index contributed by atoms with van der Waals surface area (Å²) in [7, 11) is -3.79. The van der Waals surface area contributed by atoms with Crippen molar-refractivity contribution in [2.75, 3.05) is 17.1 Å². The Labute approximate surface area is 236 Å². The van der Waals surface area contributed by atoms with Gasteiger partial charge in [-0.3, -0.25) is 13.9 Å². The number of nitrogens with one attached hydrogen (secondary N) is 1. The fraction of sp³-hybridized carbons (Fsp3) is 0.500. The summed E-state index contributed by atoms with van der Waals surface area (Å²) in [5.74, 6) is -0.510. The molecule has 2 aromatic rings. The van der Waals surface area contributed by atoms with Gasteiger partial charge in [0.1, 0.15) is 12.6 Å². The predicted molar refractivity (Wildman–Crippen MR) is 154 cm³/mol. The number of hydrogen-bond acceptors (Lipinski definition) is 4. The van der Waals surface area contributed by atoms with Crippen LogP contribution >= 0.6 is 23.2 Å². The normalized spacial score (nSPS) is 15.2. The molecule has 0 aromatic heterocycles. The molecule has 1 fully saturated rings. The highest BCUT2D eigenvalue weighted by molar-refractivity contribution is 7.92. The Morgan fingerprint density at radius 2 is 1.63 bits per heavy atom. The van der Waals surface area contributed by atoms with E-state index in [1.165, 1.54) is 4.90 Å². The monoisotopic (exact) mass is 581 g/mol. The van der Waals surface area contributed by atoms with E-state index in [4.69, 9.17) is 23.2 Å². The van der Waals surface area contributed by atoms with Gasteiger partial charge in [-0.15, -0.1) is 0 Å². The molecule has 0 unspecified atom stereocenters. The molecule has 1 saturated carbocycles. The first-order valence-electron chi connectivity index (χ1n) is 13.0. The van der Waals surface area contributed by atoms with Crippen LogP contribution < -0.4 is 9.62 Å². The number of amides is 2. The van der Waals surface area contributed by atoms with Gasteiger partial charge >= 0.3 is 0 Å². The third kappa shape index (κ3) is 8.10. The number of carbonyl (C=O) groups is 2. The summed E-state index contributed by atoms with van der Waals surface area (Å²) in [4.78, 5) is 28.4. The average Bonchev–Trinajstić information content (AvgIpc) is 2.86. The summed E-state index contributed by atoms with van der Waals surface area (Å²) in [5, 5.41) is 3.89. The Morgan fingerprint density at radius 3 is 2.18 bits per heavy atom. The minimum atomic E-state index is -3.79. The van der Waals surface area contributed by atoms with Crippen molar-refractivity contribution in [3.05, 3.63) is 63.6 Å². The molecule has 2 aromatic carbocycles. The van der Waals surface area contributed by atoms with Gasteiger partial charge in [0, 0.05) is 22.6 Å². The van der Waals surface area contributed by atoms with Crippen molar-refractivity contribution in [2.24, 2.45) is 0 Å². The molecule has 0 saturated heterocycles. The summed E-state index contributed by atoms with van der Waals surface area (Å²) in [6, 6.07) is 11.3. The molecule has 0 aliphatic heterocycles. The molecular weight excluding hydrogens is 545 g/mol. The van der Waals surface area contributed by atoms with Crippen LogP contribution in [0.5, 0.6) is 0 Å². The van der Waals surface area contributed by atoms with Crippen LogP contribution in [0.3, 0.4) is 0 Å². The van der Waals surface area contributed by atoms with E-state index in [0.717, 1.165) is 48.2 Å². The molecule has 7 nitrogen and oxygen atoms in total. The van der Waals surface area contributed by atoms with Crippen LogP contribution in [0.25, 0.3) is 0 Å². The number of halogens is 2. The molecule has 1 atom stereocenters. The maximum absolute atomic E-state index is 13.7. The third-order valence-electron chi connectivity index (χ3n) is 7.00. The zero-order valence-electron chi connectivity index (χ0n) is 22.4. The van der Waals surface area contributed by atoms with Gasteiger partial charge in [-0.05, 0) is 61.1 Å². The summed E-state index contributed by atoms with van der Waals surface area (Å²) >= 11 is 12.5. The Kier molecular flexibility index (Phi) is 10.5. The number of carbonyl (C=O) groups excluding carboxylic acids is 2. The topological polar surface area (TPSA) is 86.8 Å². The highest BCUT2D eigenvalue weighted by Gasteiger charge is 2.31. The largest absolute Gasteiger partial charge is 0.352 e. The van der Waals surface area contributed by atoms with Crippen molar-refractivity contribution in [3.8, 4) is 0 Å². The molecule has 1 N–H and O–H groups in total. The zero-order valence-corrected chi connectivity index (χ0v) is 24.7. The highest BCUT2D eigenvalue weighted by atomic mass is 35.5. The maximum Gasteiger partial charge on any atom is 0.244 e. The first kappa shape index (κ1) is 30.3. The quantitative estimate of drug-likeness (QED) is 0.387. The number of hydrogen-bond donors (Lipinski definition) is 1. The van der Waals surface area contributed by atoms with Gasteiger partial charge in [0.2, 0.25) is 21.8 Å². The molecule has 1 aliphatic carbocycles. The Bertz CT molecular complexity index is 1230. The van der Waals surface area contributed by atoms with E-state index in [-0.39, 0.29) is 24.4 Å². The lowest BCUT2D eigenvalue weighted by atomic mass is 9.95. The smallest absolute Gasteiger partial charge is 0.244 e. The van der Waals surface area contributed by atoms with Crippen molar-refractivity contribution in [2.45, 2.75) is 77.4 Å². The molecule has 0 radical (unpaired) electrons. The lowest BCUT2D eigenvalue weighted by molar-refractivity contribution is -0.139.